The highest BCUT2D eigenvalue weighted by Gasteiger charge is 2.30. The van der Waals surface area contributed by atoms with E-state index in [1.807, 2.05) is 37.3 Å². The van der Waals surface area contributed by atoms with Crippen LogP contribution < -0.4 is 0 Å². The average Bonchev–Trinajstić information content (AvgIpc) is 2.83. The zero-order valence-electron chi connectivity index (χ0n) is 11.0. The molecule has 5 heteroatoms. The highest BCUT2D eigenvalue weighted by molar-refractivity contribution is 9.10. The van der Waals surface area contributed by atoms with Gasteiger partial charge < -0.3 is 0 Å². The molecule has 3 rings (SSSR count). The molecule has 0 bridgehead atoms. The molecule has 0 fully saturated rings. The van der Waals surface area contributed by atoms with E-state index in [9.17, 15) is 8.42 Å². The normalized spacial score (nSPS) is 15.3. The van der Waals surface area contributed by atoms with E-state index in [1.54, 1.807) is 12.1 Å². The van der Waals surface area contributed by atoms with Gasteiger partial charge in [-0.05, 0) is 42.3 Å². The van der Waals surface area contributed by atoms with E-state index in [4.69, 9.17) is 0 Å². The van der Waals surface area contributed by atoms with Crippen LogP contribution in [0.3, 0.4) is 0 Å². The van der Waals surface area contributed by atoms with Crippen molar-refractivity contribution in [3.63, 3.8) is 0 Å². The first kappa shape index (κ1) is 13.8. The molecule has 1 aliphatic rings. The number of rotatable bonds is 2. The van der Waals surface area contributed by atoms with Gasteiger partial charge in [0.1, 0.15) is 0 Å². The third-order valence-corrected chi connectivity index (χ3v) is 5.82. The molecular weight excluding hydrogens is 338 g/mol. The molecular formula is C15H14BrNO2S. The molecule has 0 saturated carbocycles. The number of hydrogen-bond donors (Lipinski definition) is 0. The maximum absolute atomic E-state index is 12.6. The van der Waals surface area contributed by atoms with Crippen molar-refractivity contribution < 1.29 is 8.42 Å². The number of aryl methyl sites for hydroxylation is 1. The second-order valence-corrected chi connectivity index (χ2v) is 7.85. The first-order valence-electron chi connectivity index (χ1n) is 6.31. The van der Waals surface area contributed by atoms with Crippen molar-refractivity contribution in [2.24, 2.45) is 0 Å². The molecule has 1 aliphatic heterocycles. The van der Waals surface area contributed by atoms with Gasteiger partial charge >= 0.3 is 0 Å². The number of halogens is 1. The summed E-state index contributed by atoms with van der Waals surface area (Å²) in [5.74, 6) is 0. The maximum atomic E-state index is 12.6. The predicted molar refractivity (Wildman–Crippen MR) is 81.8 cm³/mol. The molecule has 2 aromatic rings. The monoisotopic (exact) mass is 351 g/mol. The summed E-state index contributed by atoms with van der Waals surface area (Å²) in [6.45, 7) is 2.82. The molecule has 0 atom stereocenters. The summed E-state index contributed by atoms with van der Waals surface area (Å²) in [4.78, 5) is 0.356. The summed E-state index contributed by atoms with van der Waals surface area (Å²) in [6.07, 6.45) is 0. The lowest BCUT2D eigenvalue weighted by atomic mass is 10.1. The van der Waals surface area contributed by atoms with Crippen LogP contribution in [0.2, 0.25) is 0 Å². The van der Waals surface area contributed by atoms with E-state index in [0.717, 1.165) is 21.2 Å². The van der Waals surface area contributed by atoms with Gasteiger partial charge in [0.05, 0.1) is 4.90 Å². The Labute approximate surface area is 127 Å². The van der Waals surface area contributed by atoms with Gasteiger partial charge in [-0.2, -0.15) is 4.31 Å². The van der Waals surface area contributed by atoms with Gasteiger partial charge in [-0.25, -0.2) is 8.42 Å². The molecule has 0 amide bonds. The molecule has 0 aromatic heterocycles. The average molecular weight is 352 g/mol. The molecule has 1 heterocycles. The van der Waals surface area contributed by atoms with Crippen molar-refractivity contribution in [1.29, 1.82) is 0 Å². The van der Waals surface area contributed by atoms with Crippen molar-refractivity contribution in [2.75, 3.05) is 0 Å². The number of benzene rings is 2. The predicted octanol–water partition coefficient (Wildman–Crippen LogP) is 3.46. The smallest absolute Gasteiger partial charge is 0.207 e. The minimum absolute atomic E-state index is 0.356. The van der Waals surface area contributed by atoms with Crippen LogP contribution in [-0.2, 0) is 23.1 Å². The first-order chi connectivity index (χ1) is 9.46. The van der Waals surface area contributed by atoms with E-state index in [2.05, 4.69) is 15.9 Å². The Balaban J connectivity index is 1.93. The number of fused-ring (bicyclic) bond motifs is 1. The van der Waals surface area contributed by atoms with Crippen LogP contribution in [0.5, 0.6) is 0 Å². The summed E-state index contributed by atoms with van der Waals surface area (Å²) in [6, 6.07) is 12.9. The molecule has 3 nitrogen and oxygen atoms in total. The molecule has 0 saturated heterocycles. The van der Waals surface area contributed by atoms with E-state index in [0.29, 0.717) is 18.0 Å². The van der Waals surface area contributed by atoms with E-state index in [1.165, 1.54) is 4.31 Å². The van der Waals surface area contributed by atoms with Crippen LogP contribution in [0.25, 0.3) is 0 Å². The Morgan fingerprint density at radius 2 is 1.65 bits per heavy atom. The van der Waals surface area contributed by atoms with Gasteiger partial charge in [-0.15, -0.1) is 0 Å². The molecule has 0 spiro atoms. The molecule has 0 N–H and O–H groups in total. The Morgan fingerprint density at radius 3 is 2.35 bits per heavy atom. The third-order valence-electron chi connectivity index (χ3n) is 3.52. The second-order valence-electron chi connectivity index (χ2n) is 5.00. The summed E-state index contributed by atoms with van der Waals surface area (Å²) >= 11 is 3.42. The first-order valence-corrected chi connectivity index (χ1v) is 8.54. The zero-order chi connectivity index (χ0) is 14.3. The minimum atomic E-state index is -3.42. The molecule has 2 aromatic carbocycles. The number of sulfonamides is 1. The highest BCUT2D eigenvalue weighted by atomic mass is 79.9. The standard InChI is InChI=1S/C15H14BrNO2S/c1-11-2-6-15(7-3-11)20(18,19)17-9-12-4-5-14(16)8-13(12)10-17/h2-8H,9-10H2,1H3. The molecule has 0 radical (unpaired) electrons. The fraction of sp³-hybridized carbons (Fsp3) is 0.200. The Morgan fingerprint density at radius 1 is 1.00 bits per heavy atom. The van der Waals surface area contributed by atoms with Gasteiger partial charge in [0.2, 0.25) is 10.0 Å². The van der Waals surface area contributed by atoms with Crippen molar-refractivity contribution in [2.45, 2.75) is 24.9 Å². The lowest BCUT2D eigenvalue weighted by molar-refractivity contribution is 0.431. The van der Waals surface area contributed by atoms with E-state index < -0.39 is 10.0 Å². The van der Waals surface area contributed by atoms with Crippen LogP contribution in [-0.4, -0.2) is 12.7 Å². The van der Waals surface area contributed by atoms with Gasteiger partial charge in [0.15, 0.2) is 0 Å². The molecule has 104 valence electrons. The summed E-state index contributed by atoms with van der Waals surface area (Å²) in [7, 11) is -3.42. The van der Waals surface area contributed by atoms with E-state index >= 15 is 0 Å². The van der Waals surface area contributed by atoms with Crippen LogP contribution in [0.4, 0.5) is 0 Å². The summed E-state index contributed by atoms with van der Waals surface area (Å²) in [5.41, 5.74) is 3.19. The van der Waals surface area contributed by atoms with Crippen molar-refractivity contribution in [1.82, 2.24) is 4.31 Å². The molecule has 20 heavy (non-hydrogen) atoms. The topological polar surface area (TPSA) is 37.4 Å². The SMILES string of the molecule is Cc1ccc(S(=O)(=O)N2Cc3ccc(Br)cc3C2)cc1. The fourth-order valence-corrected chi connectivity index (χ4v) is 4.17. The minimum Gasteiger partial charge on any atom is -0.207 e. The summed E-state index contributed by atoms with van der Waals surface area (Å²) in [5, 5.41) is 0. The van der Waals surface area contributed by atoms with Crippen LogP contribution >= 0.6 is 15.9 Å². The Bertz CT molecular complexity index is 754. The number of hydrogen-bond acceptors (Lipinski definition) is 2. The third kappa shape index (κ3) is 2.41. The summed E-state index contributed by atoms with van der Waals surface area (Å²) < 4.78 is 27.7. The zero-order valence-corrected chi connectivity index (χ0v) is 13.4. The maximum Gasteiger partial charge on any atom is 0.243 e. The lowest BCUT2D eigenvalue weighted by Gasteiger charge is -2.15. The lowest BCUT2D eigenvalue weighted by Crippen LogP contribution is -2.25. The quantitative estimate of drug-likeness (QED) is 0.830. The second kappa shape index (κ2) is 4.98. The van der Waals surface area contributed by atoms with Crippen molar-refractivity contribution >= 4 is 26.0 Å². The Kier molecular flexibility index (Phi) is 3.44. The van der Waals surface area contributed by atoms with Gasteiger partial charge in [-0.3, -0.25) is 0 Å². The molecule has 0 aliphatic carbocycles. The van der Waals surface area contributed by atoms with Gasteiger partial charge in [-0.1, -0.05) is 39.7 Å². The van der Waals surface area contributed by atoms with Crippen molar-refractivity contribution in [3.05, 3.63) is 63.6 Å². The number of nitrogens with zero attached hydrogens (tertiary/aromatic N) is 1. The Hall–Kier alpha value is -1.17. The van der Waals surface area contributed by atoms with Gasteiger partial charge in [0.25, 0.3) is 0 Å². The van der Waals surface area contributed by atoms with Crippen molar-refractivity contribution in [3.8, 4) is 0 Å². The fourth-order valence-electron chi connectivity index (χ4n) is 2.36. The largest absolute Gasteiger partial charge is 0.243 e. The molecule has 0 unspecified atom stereocenters. The highest BCUT2D eigenvalue weighted by Crippen LogP contribution is 2.30. The van der Waals surface area contributed by atoms with E-state index in [-0.39, 0.29) is 0 Å². The van der Waals surface area contributed by atoms with Crippen LogP contribution in [0.15, 0.2) is 51.8 Å². The van der Waals surface area contributed by atoms with Crippen LogP contribution in [0.1, 0.15) is 16.7 Å². The van der Waals surface area contributed by atoms with Gasteiger partial charge in [0, 0.05) is 17.6 Å². The van der Waals surface area contributed by atoms with Crippen LogP contribution in [0, 0.1) is 6.92 Å².